The molecule has 1 aromatic rings. The molecule has 1 aromatic carbocycles. The number of benzene rings is 1. The van der Waals surface area contributed by atoms with Gasteiger partial charge in [-0.15, -0.1) is 0 Å². The molecule has 0 radical (unpaired) electrons. The predicted molar refractivity (Wildman–Crippen MR) is 64.2 cm³/mol. The highest BCUT2D eigenvalue weighted by Crippen LogP contribution is 2.12. The van der Waals surface area contributed by atoms with Crippen molar-refractivity contribution in [3.8, 4) is 0 Å². The molecule has 0 atom stereocenters. The van der Waals surface area contributed by atoms with E-state index in [4.69, 9.17) is 0 Å². The van der Waals surface area contributed by atoms with Gasteiger partial charge in [0.05, 0.1) is 11.3 Å². The Hall–Kier alpha value is -1.30. The number of hydrogen-bond acceptors (Lipinski definition) is 3. The molecule has 0 unspecified atom stereocenters. The van der Waals surface area contributed by atoms with Crippen molar-refractivity contribution in [2.75, 3.05) is 11.5 Å². The summed E-state index contributed by atoms with van der Waals surface area (Å²) in [5.41, 5.74) is -0.526. The molecule has 0 fully saturated rings. The van der Waals surface area contributed by atoms with Crippen LogP contribution in [0.1, 0.15) is 24.2 Å². The van der Waals surface area contributed by atoms with E-state index in [9.17, 15) is 22.0 Å². The van der Waals surface area contributed by atoms with Gasteiger partial charge >= 0.3 is 0 Å². The molecule has 0 bridgehead atoms. The van der Waals surface area contributed by atoms with Crippen molar-refractivity contribution in [2.24, 2.45) is 5.92 Å². The molecule has 1 rings (SSSR count). The summed E-state index contributed by atoms with van der Waals surface area (Å²) in [5.74, 6) is -3.70. The first kappa shape index (κ1) is 14.8. The van der Waals surface area contributed by atoms with Gasteiger partial charge in [-0.1, -0.05) is 13.8 Å². The molecule has 0 aliphatic heterocycles. The number of ketones is 1. The predicted octanol–water partition coefficient (Wildman–Crippen LogP) is 2.22. The van der Waals surface area contributed by atoms with Crippen LogP contribution in [-0.2, 0) is 9.84 Å². The summed E-state index contributed by atoms with van der Waals surface area (Å²) in [6, 6.07) is 2.38. The standard InChI is InChI=1S/C12H14F2O3S/c1-8(2)6-18(16,17)7-12(15)10-5-9(13)3-4-11(10)14/h3-5,8H,6-7H2,1-2H3. The van der Waals surface area contributed by atoms with Crippen LogP contribution in [0.5, 0.6) is 0 Å². The Kier molecular flexibility index (Phi) is 4.56. The molecule has 100 valence electrons. The number of halogens is 2. The summed E-state index contributed by atoms with van der Waals surface area (Å²) < 4.78 is 49.3. The van der Waals surface area contributed by atoms with Crippen LogP contribution in [0.25, 0.3) is 0 Å². The number of rotatable bonds is 5. The van der Waals surface area contributed by atoms with Crippen LogP contribution < -0.4 is 0 Å². The fourth-order valence-electron chi connectivity index (χ4n) is 1.56. The highest BCUT2D eigenvalue weighted by molar-refractivity contribution is 7.92. The van der Waals surface area contributed by atoms with E-state index in [1.54, 1.807) is 13.8 Å². The molecule has 0 aliphatic rings. The summed E-state index contributed by atoms with van der Waals surface area (Å²) in [4.78, 5) is 11.6. The topological polar surface area (TPSA) is 51.2 Å². The summed E-state index contributed by atoms with van der Waals surface area (Å²) >= 11 is 0. The van der Waals surface area contributed by atoms with Crippen molar-refractivity contribution in [3.63, 3.8) is 0 Å². The van der Waals surface area contributed by atoms with Gasteiger partial charge in [0.1, 0.15) is 17.4 Å². The minimum absolute atomic E-state index is 0.125. The Bertz CT molecular complexity index is 550. The molecule has 6 heteroatoms. The zero-order chi connectivity index (χ0) is 13.9. The van der Waals surface area contributed by atoms with Crippen LogP contribution >= 0.6 is 0 Å². The molecular weight excluding hydrogens is 262 g/mol. The lowest BCUT2D eigenvalue weighted by molar-refractivity contribution is 0.101. The zero-order valence-corrected chi connectivity index (χ0v) is 10.9. The van der Waals surface area contributed by atoms with Gasteiger partial charge in [-0.05, 0) is 24.1 Å². The monoisotopic (exact) mass is 276 g/mol. The maximum absolute atomic E-state index is 13.3. The maximum Gasteiger partial charge on any atom is 0.180 e. The SMILES string of the molecule is CC(C)CS(=O)(=O)CC(=O)c1cc(F)ccc1F. The smallest absolute Gasteiger partial charge is 0.180 e. The van der Waals surface area contributed by atoms with Gasteiger partial charge in [0.15, 0.2) is 15.6 Å². The Morgan fingerprint density at radius 2 is 1.89 bits per heavy atom. The Balaban J connectivity index is 2.92. The van der Waals surface area contributed by atoms with Gasteiger partial charge in [-0.2, -0.15) is 0 Å². The van der Waals surface area contributed by atoms with Crippen LogP contribution in [0.4, 0.5) is 8.78 Å². The van der Waals surface area contributed by atoms with Crippen LogP contribution in [0.3, 0.4) is 0 Å². The van der Waals surface area contributed by atoms with Crippen LogP contribution in [0.2, 0.25) is 0 Å². The number of Topliss-reactive ketones (excluding diaryl/α,β-unsaturated/α-hetero) is 1. The van der Waals surface area contributed by atoms with E-state index in [1.807, 2.05) is 0 Å². The van der Waals surface area contributed by atoms with Crippen LogP contribution in [-0.4, -0.2) is 25.7 Å². The maximum atomic E-state index is 13.3. The summed E-state index contributed by atoms with van der Waals surface area (Å²) in [6.07, 6.45) is 0. The third kappa shape index (κ3) is 4.18. The lowest BCUT2D eigenvalue weighted by Gasteiger charge is -2.07. The van der Waals surface area contributed by atoms with Crippen molar-refractivity contribution in [1.82, 2.24) is 0 Å². The second-order valence-electron chi connectivity index (χ2n) is 4.50. The second kappa shape index (κ2) is 5.56. The lowest BCUT2D eigenvalue weighted by atomic mass is 10.1. The van der Waals surface area contributed by atoms with Crippen molar-refractivity contribution >= 4 is 15.6 Å². The van der Waals surface area contributed by atoms with Gasteiger partial charge in [0.2, 0.25) is 0 Å². The largest absolute Gasteiger partial charge is 0.293 e. The molecule has 0 saturated carbocycles. The van der Waals surface area contributed by atoms with Crippen molar-refractivity contribution in [1.29, 1.82) is 0 Å². The van der Waals surface area contributed by atoms with Gasteiger partial charge in [-0.25, -0.2) is 17.2 Å². The van der Waals surface area contributed by atoms with Crippen LogP contribution in [0, 0.1) is 17.6 Å². The average Bonchev–Trinajstić information content (AvgIpc) is 2.18. The molecule has 18 heavy (non-hydrogen) atoms. The minimum Gasteiger partial charge on any atom is -0.293 e. The van der Waals surface area contributed by atoms with E-state index in [1.165, 1.54) is 0 Å². The van der Waals surface area contributed by atoms with Crippen molar-refractivity contribution in [2.45, 2.75) is 13.8 Å². The molecule has 0 heterocycles. The van der Waals surface area contributed by atoms with E-state index >= 15 is 0 Å². The number of hydrogen-bond donors (Lipinski definition) is 0. The molecule has 0 aromatic heterocycles. The Morgan fingerprint density at radius 1 is 1.28 bits per heavy atom. The molecular formula is C12H14F2O3S. The second-order valence-corrected chi connectivity index (χ2v) is 6.60. The molecule has 0 amide bonds. The highest BCUT2D eigenvalue weighted by atomic mass is 32.2. The van der Waals surface area contributed by atoms with Crippen LogP contribution in [0.15, 0.2) is 18.2 Å². The molecule has 0 N–H and O–H groups in total. The lowest BCUT2D eigenvalue weighted by Crippen LogP contribution is -2.22. The van der Waals surface area contributed by atoms with Crippen molar-refractivity contribution < 1.29 is 22.0 Å². The average molecular weight is 276 g/mol. The van der Waals surface area contributed by atoms with Gasteiger partial charge < -0.3 is 0 Å². The summed E-state index contributed by atoms with van der Waals surface area (Å²) in [7, 11) is -3.60. The van der Waals surface area contributed by atoms with E-state index in [-0.39, 0.29) is 11.7 Å². The van der Waals surface area contributed by atoms with Gasteiger partial charge in [0, 0.05) is 0 Å². The molecule has 3 nitrogen and oxygen atoms in total. The normalized spacial score (nSPS) is 11.8. The Morgan fingerprint density at radius 3 is 2.44 bits per heavy atom. The number of sulfone groups is 1. The third-order valence-electron chi connectivity index (χ3n) is 2.17. The van der Waals surface area contributed by atoms with Gasteiger partial charge in [-0.3, -0.25) is 4.79 Å². The molecule has 0 aliphatic carbocycles. The van der Waals surface area contributed by atoms with E-state index in [0.29, 0.717) is 6.07 Å². The van der Waals surface area contributed by atoms with E-state index in [2.05, 4.69) is 0 Å². The third-order valence-corrected chi connectivity index (χ3v) is 4.04. The quantitative estimate of drug-likeness (QED) is 0.775. The van der Waals surface area contributed by atoms with E-state index in [0.717, 1.165) is 12.1 Å². The number of carbonyl (C=O) groups excluding carboxylic acids is 1. The Labute approximate surface area is 105 Å². The summed E-state index contributed by atoms with van der Waals surface area (Å²) in [5, 5.41) is 0. The molecule has 0 saturated heterocycles. The van der Waals surface area contributed by atoms with E-state index < -0.39 is 38.6 Å². The first-order valence-electron chi connectivity index (χ1n) is 5.40. The fourth-order valence-corrected chi connectivity index (χ4v) is 3.24. The van der Waals surface area contributed by atoms with Crippen molar-refractivity contribution in [3.05, 3.63) is 35.4 Å². The fraction of sp³-hybridized carbons (Fsp3) is 0.417. The highest BCUT2D eigenvalue weighted by Gasteiger charge is 2.21. The van der Waals surface area contributed by atoms with Gasteiger partial charge in [0.25, 0.3) is 0 Å². The first-order chi connectivity index (χ1) is 8.21. The summed E-state index contributed by atoms with van der Waals surface area (Å²) in [6.45, 7) is 3.40. The first-order valence-corrected chi connectivity index (χ1v) is 7.22. The minimum atomic E-state index is -3.60. The number of carbonyl (C=O) groups is 1. The molecule has 0 spiro atoms. The zero-order valence-electron chi connectivity index (χ0n) is 10.1.